The molecule has 0 aromatic heterocycles. The third-order valence-electron chi connectivity index (χ3n) is 2.32. The molecule has 0 saturated carbocycles. The minimum atomic E-state index is -0.812. The molecule has 0 amide bonds. The van der Waals surface area contributed by atoms with Crippen molar-refractivity contribution in [1.29, 1.82) is 0 Å². The van der Waals surface area contributed by atoms with Crippen molar-refractivity contribution in [3.63, 3.8) is 0 Å². The van der Waals surface area contributed by atoms with E-state index in [0.29, 0.717) is 13.2 Å². The van der Waals surface area contributed by atoms with Crippen molar-refractivity contribution in [3.8, 4) is 0 Å². The molecule has 0 atom stereocenters. The summed E-state index contributed by atoms with van der Waals surface area (Å²) in [5.41, 5.74) is 0. The third-order valence-corrected chi connectivity index (χ3v) is 5.10. The maximum Gasteiger partial charge on any atom is 0.0823 e. The molecule has 4 heteroatoms. The molecule has 3 nitrogen and oxygen atoms in total. The fourth-order valence-electron chi connectivity index (χ4n) is 1.12. The molecule has 92 valence electrons. The Hall–Kier alpha value is 0.310. The van der Waals surface area contributed by atoms with E-state index >= 15 is 0 Å². The molecule has 0 radical (unpaired) electrons. The molecular weight excluding hydrogens is 211 g/mol. The Labute approximate surface area is 94.8 Å². The second-order valence-electron chi connectivity index (χ2n) is 4.19. The van der Waals surface area contributed by atoms with Crippen LogP contribution in [0.25, 0.3) is 0 Å². The van der Waals surface area contributed by atoms with Gasteiger partial charge in [-0.2, -0.15) is 0 Å². The van der Waals surface area contributed by atoms with Gasteiger partial charge >= 0.3 is 0 Å². The molecule has 0 rings (SSSR count). The molecule has 0 aliphatic carbocycles. The number of ether oxygens (including phenoxy) is 3. The predicted octanol–water partition coefficient (Wildman–Crippen LogP) is 1.96. The standard InChI is InChI=1S/C11H26O3P/c1-5-13-8-10-15(3,4)11-9-14-7-6-12-2/h5-11H2,1-4H3/q+1. The second kappa shape index (κ2) is 9.53. The summed E-state index contributed by atoms with van der Waals surface area (Å²) in [7, 11) is 0.885. The van der Waals surface area contributed by atoms with E-state index in [1.165, 1.54) is 12.3 Å². The SMILES string of the molecule is CCOCC[P+](C)(C)CCOCCOC. The zero-order valence-electron chi connectivity index (χ0n) is 10.6. The highest BCUT2D eigenvalue weighted by Crippen LogP contribution is 2.50. The van der Waals surface area contributed by atoms with Gasteiger partial charge in [-0.3, -0.25) is 0 Å². The van der Waals surface area contributed by atoms with Crippen LogP contribution in [0.3, 0.4) is 0 Å². The van der Waals surface area contributed by atoms with Gasteiger partial charge in [0.25, 0.3) is 0 Å². The van der Waals surface area contributed by atoms with Crippen molar-refractivity contribution in [1.82, 2.24) is 0 Å². The lowest BCUT2D eigenvalue weighted by atomic mass is 10.7. The van der Waals surface area contributed by atoms with Gasteiger partial charge in [0.2, 0.25) is 0 Å². The lowest BCUT2D eigenvalue weighted by Gasteiger charge is -2.17. The Bertz CT molecular complexity index is 140. The lowest BCUT2D eigenvalue weighted by molar-refractivity contribution is 0.0785. The monoisotopic (exact) mass is 237 g/mol. The molecular formula is C11H26O3P+. The number of hydrogen-bond acceptors (Lipinski definition) is 3. The van der Waals surface area contributed by atoms with E-state index in [2.05, 4.69) is 13.3 Å². The van der Waals surface area contributed by atoms with E-state index in [-0.39, 0.29) is 0 Å². The first-order valence-corrected chi connectivity index (χ1v) is 8.64. The summed E-state index contributed by atoms with van der Waals surface area (Å²) in [6.07, 6.45) is 2.39. The van der Waals surface area contributed by atoms with Crippen LogP contribution in [0.15, 0.2) is 0 Å². The predicted molar refractivity (Wildman–Crippen MR) is 67.7 cm³/mol. The quantitative estimate of drug-likeness (QED) is 0.429. The molecule has 15 heavy (non-hydrogen) atoms. The van der Waals surface area contributed by atoms with Gasteiger partial charge < -0.3 is 14.2 Å². The number of hydrogen-bond donors (Lipinski definition) is 0. The van der Waals surface area contributed by atoms with Crippen molar-refractivity contribution in [2.45, 2.75) is 6.92 Å². The largest absolute Gasteiger partial charge is 0.382 e. The molecule has 0 bridgehead atoms. The van der Waals surface area contributed by atoms with Crippen molar-refractivity contribution >= 4 is 7.26 Å². The van der Waals surface area contributed by atoms with Gasteiger partial charge in [0.15, 0.2) is 0 Å². The summed E-state index contributed by atoms with van der Waals surface area (Å²) in [5.74, 6) is 0. The van der Waals surface area contributed by atoms with Gasteiger partial charge in [0, 0.05) is 34.3 Å². The molecule has 0 aromatic rings. The van der Waals surface area contributed by atoms with Crippen LogP contribution < -0.4 is 0 Å². The van der Waals surface area contributed by atoms with Crippen molar-refractivity contribution in [2.75, 3.05) is 65.8 Å². The highest BCUT2D eigenvalue weighted by molar-refractivity contribution is 7.74. The van der Waals surface area contributed by atoms with Crippen LogP contribution in [0.2, 0.25) is 0 Å². The van der Waals surface area contributed by atoms with Crippen molar-refractivity contribution < 1.29 is 14.2 Å². The zero-order valence-corrected chi connectivity index (χ0v) is 11.5. The minimum Gasteiger partial charge on any atom is -0.382 e. The maximum atomic E-state index is 5.48. The Morgan fingerprint density at radius 1 is 0.867 bits per heavy atom. The van der Waals surface area contributed by atoms with E-state index in [0.717, 1.165) is 19.8 Å². The molecule has 0 spiro atoms. The zero-order chi connectivity index (χ0) is 11.6. The molecule has 0 saturated heterocycles. The molecule has 0 N–H and O–H groups in total. The highest BCUT2D eigenvalue weighted by atomic mass is 31.2. The van der Waals surface area contributed by atoms with Crippen LogP contribution in [0.4, 0.5) is 0 Å². The maximum absolute atomic E-state index is 5.48. The summed E-state index contributed by atoms with van der Waals surface area (Å²) < 4.78 is 15.8. The van der Waals surface area contributed by atoms with E-state index in [1.807, 2.05) is 6.92 Å². The second-order valence-corrected chi connectivity index (χ2v) is 8.95. The first-order chi connectivity index (χ1) is 7.12. The summed E-state index contributed by atoms with van der Waals surface area (Å²) in [4.78, 5) is 0. The smallest absolute Gasteiger partial charge is 0.0823 e. The minimum absolute atomic E-state index is 0.692. The molecule has 0 aromatic carbocycles. The average molecular weight is 237 g/mol. The van der Waals surface area contributed by atoms with E-state index < -0.39 is 7.26 Å². The van der Waals surface area contributed by atoms with Gasteiger partial charge in [-0.05, 0) is 6.92 Å². The van der Waals surface area contributed by atoms with Crippen molar-refractivity contribution in [2.24, 2.45) is 0 Å². The fourth-order valence-corrected chi connectivity index (χ4v) is 2.59. The van der Waals surface area contributed by atoms with Gasteiger partial charge in [0.05, 0.1) is 38.8 Å². The van der Waals surface area contributed by atoms with E-state index in [9.17, 15) is 0 Å². The highest BCUT2D eigenvalue weighted by Gasteiger charge is 2.23. The molecule has 0 heterocycles. The van der Waals surface area contributed by atoms with Gasteiger partial charge in [-0.15, -0.1) is 0 Å². The Balaban J connectivity index is 3.38. The third kappa shape index (κ3) is 10.6. The topological polar surface area (TPSA) is 27.7 Å². The molecule has 0 aliphatic rings. The first kappa shape index (κ1) is 15.3. The Morgan fingerprint density at radius 3 is 2.00 bits per heavy atom. The van der Waals surface area contributed by atoms with E-state index in [1.54, 1.807) is 7.11 Å². The summed E-state index contributed by atoms with van der Waals surface area (Å²) >= 11 is 0. The van der Waals surface area contributed by atoms with Crippen LogP contribution in [0.1, 0.15) is 6.92 Å². The van der Waals surface area contributed by atoms with Gasteiger partial charge in [0.1, 0.15) is 0 Å². The van der Waals surface area contributed by atoms with Gasteiger partial charge in [-0.25, -0.2) is 0 Å². The first-order valence-electron chi connectivity index (χ1n) is 5.59. The molecule has 0 aliphatic heterocycles. The summed E-state index contributed by atoms with van der Waals surface area (Å²) in [6, 6.07) is 0. The average Bonchev–Trinajstić information content (AvgIpc) is 2.17. The summed E-state index contributed by atoms with van der Waals surface area (Å²) in [5, 5.41) is 0. The van der Waals surface area contributed by atoms with Crippen molar-refractivity contribution in [3.05, 3.63) is 0 Å². The van der Waals surface area contributed by atoms with Gasteiger partial charge in [-0.1, -0.05) is 0 Å². The molecule has 0 unspecified atom stereocenters. The van der Waals surface area contributed by atoms with Crippen LogP contribution >= 0.6 is 7.26 Å². The van der Waals surface area contributed by atoms with Crippen LogP contribution in [-0.4, -0.2) is 65.8 Å². The Kier molecular flexibility index (Phi) is 9.73. The van der Waals surface area contributed by atoms with Crippen LogP contribution in [-0.2, 0) is 14.2 Å². The number of rotatable bonds is 10. The van der Waals surface area contributed by atoms with E-state index in [4.69, 9.17) is 14.2 Å². The summed E-state index contributed by atoms with van der Waals surface area (Å²) in [6.45, 7) is 10.8. The normalized spacial score (nSPS) is 12.0. The molecule has 0 fully saturated rings. The lowest BCUT2D eigenvalue weighted by Crippen LogP contribution is -2.12. The fraction of sp³-hybridized carbons (Fsp3) is 1.00. The van der Waals surface area contributed by atoms with Crippen LogP contribution in [0, 0.1) is 0 Å². The van der Waals surface area contributed by atoms with Crippen LogP contribution in [0.5, 0.6) is 0 Å². The Morgan fingerprint density at radius 2 is 1.47 bits per heavy atom. The number of methoxy groups -OCH3 is 1.